The first-order chi connectivity index (χ1) is 13.7. The summed E-state index contributed by atoms with van der Waals surface area (Å²) in [5.41, 5.74) is 1.07. The van der Waals surface area contributed by atoms with Crippen molar-refractivity contribution in [3.05, 3.63) is 52.2 Å². The average Bonchev–Trinajstić information content (AvgIpc) is 3.26. The molecule has 3 rings (SSSR count). The molecule has 1 aromatic carbocycles. The molecule has 0 radical (unpaired) electrons. The fourth-order valence-corrected chi connectivity index (χ4v) is 4.08. The van der Waals surface area contributed by atoms with Gasteiger partial charge >= 0.3 is 6.03 Å². The van der Waals surface area contributed by atoms with Crippen LogP contribution in [0.2, 0.25) is 0 Å². The molecule has 2 heterocycles. The number of thiophene rings is 1. The van der Waals surface area contributed by atoms with E-state index < -0.39 is 0 Å². The number of ether oxygens (including phenoxy) is 1. The van der Waals surface area contributed by atoms with Gasteiger partial charge in [-0.2, -0.15) is 0 Å². The molecule has 1 aromatic heterocycles. The molecule has 1 unspecified atom stereocenters. The quantitative estimate of drug-likeness (QED) is 0.749. The van der Waals surface area contributed by atoms with Gasteiger partial charge in [-0.1, -0.05) is 24.3 Å². The van der Waals surface area contributed by atoms with Gasteiger partial charge in [-0.05, 0) is 42.3 Å². The highest BCUT2D eigenvalue weighted by Crippen LogP contribution is 2.19. The Morgan fingerprint density at radius 3 is 2.86 bits per heavy atom. The molecule has 28 heavy (non-hydrogen) atoms. The van der Waals surface area contributed by atoms with Gasteiger partial charge in [0.05, 0.1) is 19.6 Å². The highest BCUT2D eigenvalue weighted by molar-refractivity contribution is 7.09. The Morgan fingerprint density at radius 2 is 2.07 bits per heavy atom. The molecular formula is C21H27N3O3S. The number of para-hydroxylation sites is 1. The van der Waals surface area contributed by atoms with Crippen molar-refractivity contribution in [1.82, 2.24) is 15.5 Å². The maximum absolute atomic E-state index is 12.6. The van der Waals surface area contributed by atoms with E-state index in [1.54, 1.807) is 23.3 Å². The van der Waals surface area contributed by atoms with Crippen LogP contribution in [0.4, 0.5) is 4.79 Å². The summed E-state index contributed by atoms with van der Waals surface area (Å²) in [7, 11) is 1.65. The van der Waals surface area contributed by atoms with E-state index in [1.807, 2.05) is 41.8 Å². The first-order valence-electron chi connectivity index (χ1n) is 9.62. The predicted molar refractivity (Wildman–Crippen MR) is 111 cm³/mol. The Hall–Kier alpha value is -2.54. The minimum Gasteiger partial charge on any atom is -0.496 e. The summed E-state index contributed by atoms with van der Waals surface area (Å²) < 4.78 is 5.35. The van der Waals surface area contributed by atoms with Gasteiger partial charge in [-0.3, -0.25) is 4.79 Å². The smallest absolute Gasteiger partial charge is 0.317 e. The second-order valence-electron chi connectivity index (χ2n) is 6.88. The van der Waals surface area contributed by atoms with E-state index in [2.05, 4.69) is 10.6 Å². The van der Waals surface area contributed by atoms with E-state index in [1.165, 1.54) is 0 Å². The largest absolute Gasteiger partial charge is 0.496 e. The predicted octanol–water partition coefficient (Wildman–Crippen LogP) is 3.04. The first-order valence-corrected chi connectivity index (χ1v) is 10.5. The monoisotopic (exact) mass is 401 g/mol. The number of nitrogens with one attached hydrogen (secondary N) is 2. The third-order valence-corrected chi connectivity index (χ3v) is 5.84. The maximum Gasteiger partial charge on any atom is 0.317 e. The van der Waals surface area contributed by atoms with Crippen molar-refractivity contribution in [1.29, 1.82) is 0 Å². The van der Waals surface area contributed by atoms with Gasteiger partial charge in [-0.15, -0.1) is 11.3 Å². The number of likely N-dealkylation sites (tertiary alicyclic amines) is 1. The molecule has 6 nitrogen and oxygen atoms in total. The van der Waals surface area contributed by atoms with Gasteiger partial charge in [0.15, 0.2) is 0 Å². The topological polar surface area (TPSA) is 70.7 Å². The number of carbonyl (C=O) groups is 2. The molecule has 0 spiro atoms. The minimum absolute atomic E-state index is 0.0191. The lowest BCUT2D eigenvalue weighted by atomic mass is 9.97. The Kier molecular flexibility index (Phi) is 7.31. The summed E-state index contributed by atoms with van der Waals surface area (Å²) in [6.45, 7) is 2.25. The molecule has 0 bridgehead atoms. The van der Waals surface area contributed by atoms with Gasteiger partial charge < -0.3 is 20.3 Å². The average molecular weight is 402 g/mol. The molecule has 1 saturated heterocycles. The van der Waals surface area contributed by atoms with Crippen LogP contribution in [0.1, 0.15) is 23.3 Å². The third-order valence-electron chi connectivity index (χ3n) is 4.96. The number of methoxy groups -OCH3 is 1. The Bertz CT molecular complexity index is 779. The van der Waals surface area contributed by atoms with Gasteiger partial charge in [-0.25, -0.2) is 4.79 Å². The van der Waals surface area contributed by atoms with Gasteiger partial charge in [0.25, 0.3) is 0 Å². The zero-order chi connectivity index (χ0) is 19.8. The summed E-state index contributed by atoms with van der Waals surface area (Å²) in [5, 5.41) is 7.95. The van der Waals surface area contributed by atoms with Crippen LogP contribution in [0, 0.1) is 5.92 Å². The summed E-state index contributed by atoms with van der Waals surface area (Å²) >= 11 is 1.62. The number of benzene rings is 1. The lowest BCUT2D eigenvalue weighted by Gasteiger charge is -2.32. The van der Waals surface area contributed by atoms with Crippen LogP contribution >= 0.6 is 11.3 Å². The summed E-state index contributed by atoms with van der Waals surface area (Å²) in [6.07, 6.45) is 2.37. The number of hydrogen-bond acceptors (Lipinski definition) is 4. The van der Waals surface area contributed by atoms with E-state index in [0.717, 1.165) is 29.0 Å². The second-order valence-corrected chi connectivity index (χ2v) is 7.91. The van der Waals surface area contributed by atoms with Gasteiger partial charge in [0.2, 0.25) is 5.91 Å². The fraction of sp³-hybridized carbons (Fsp3) is 0.429. The highest BCUT2D eigenvalue weighted by Gasteiger charge is 2.28. The van der Waals surface area contributed by atoms with Crippen LogP contribution in [0.25, 0.3) is 0 Å². The van der Waals surface area contributed by atoms with E-state index in [4.69, 9.17) is 4.74 Å². The van der Waals surface area contributed by atoms with Crippen LogP contribution in [0.15, 0.2) is 41.8 Å². The molecule has 1 aliphatic rings. The van der Waals surface area contributed by atoms with Crippen molar-refractivity contribution in [3.8, 4) is 5.75 Å². The van der Waals surface area contributed by atoms with Crippen LogP contribution in [-0.2, 0) is 17.8 Å². The van der Waals surface area contributed by atoms with Gasteiger partial charge in [0, 0.05) is 24.5 Å². The molecule has 0 saturated carbocycles. The van der Waals surface area contributed by atoms with Crippen LogP contribution in [-0.4, -0.2) is 43.6 Å². The molecule has 0 aliphatic carbocycles. The van der Waals surface area contributed by atoms with Crippen molar-refractivity contribution < 1.29 is 14.3 Å². The van der Waals surface area contributed by atoms with Crippen LogP contribution < -0.4 is 15.4 Å². The van der Waals surface area contributed by atoms with E-state index in [0.29, 0.717) is 32.6 Å². The van der Waals surface area contributed by atoms with Crippen molar-refractivity contribution in [3.63, 3.8) is 0 Å². The summed E-state index contributed by atoms with van der Waals surface area (Å²) in [5.74, 6) is 0.701. The summed E-state index contributed by atoms with van der Waals surface area (Å²) in [4.78, 5) is 27.8. The maximum atomic E-state index is 12.6. The molecule has 7 heteroatoms. The summed E-state index contributed by atoms with van der Waals surface area (Å²) in [6, 6.07) is 11.7. The number of urea groups is 1. The van der Waals surface area contributed by atoms with Crippen LogP contribution in [0.3, 0.4) is 0 Å². The minimum atomic E-state index is -0.154. The highest BCUT2D eigenvalue weighted by atomic mass is 32.1. The van der Waals surface area contributed by atoms with E-state index in [9.17, 15) is 9.59 Å². The Morgan fingerprint density at radius 1 is 1.21 bits per heavy atom. The molecular weight excluding hydrogens is 374 g/mol. The van der Waals surface area contributed by atoms with E-state index >= 15 is 0 Å². The van der Waals surface area contributed by atoms with E-state index in [-0.39, 0.29) is 17.9 Å². The number of nitrogens with zero attached hydrogens (tertiary/aromatic N) is 1. The standard InChI is InChI=1S/C21H27N3O3S/c1-27-19-9-3-2-6-16(19)10-11-22-20(25)17-7-4-12-24(15-17)21(26)23-14-18-8-5-13-28-18/h2-3,5-6,8-9,13,17H,4,7,10-12,14-15H2,1H3,(H,22,25)(H,23,26). The number of rotatable bonds is 7. The first kappa shape index (κ1) is 20.2. The molecule has 1 atom stereocenters. The SMILES string of the molecule is COc1ccccc1CCNC(=O)C1CCCN(C(=O)NCc2cccs2)C1. The molecule has 150 valence electrons. The normalized spacial score (nSPS) is 16.5. The Balaban J connectivity index is 1.44. The van der Waals surface area contributed by atoms with Crippen molar-refractivity contribution in [2.45, 2.75) is 25.8 Å². The number of hydrogen-bond donors (Lipinski definition) is 2. The van der Waals surface area contributed by atoms with Crippen molar-refractivity contribution in [2.75, 3.05) is 26.7 Å². The van der Waals surface area contributed by atoms with Crippen molar-refractivity contribution >= 4 is 23.3 Å². The van der Waals surface area contributed by atoms with Crippen molar-refractivity contribution in [2.24, 2.45) is 5.92 Å². The number of carbonyl (C=O) groups excluding carboxylic acids is 2. The lowest BCUT2D eigenvalue weighted by molar-refractivity contribution is -0.126. The number of amides is 3. The lowest BCUT2D eigenvalue weighted by Crippen LogP contribution is -2.48. The van der Waals surface area contributed by atoms with Crippen LogP contribution in [0.5, 0.6) is 5.75 Å². The molecule has 2 aromatic rings. The molecule has 1 aliphatic heterocycles. The van der Waals surface area contributed by atoms with Gasteiger partial charge in [0.1, 0.15) is 5.75 Å². The number of piperidine rings is 1. The second kappa shape index (κ2) is 10.1. The third kappa shape index (κ3) is 5.48. The zero-order valence-electron chi connectivity index (χ0n) is 16.1. The molecule has 3 amide bonds. The fourth-order valence-electron chi connectivity index (χ4n) is 3.44. The zero-order valence-corrected chi connectivity index (χ0v) is 17.0. The Labute approximate surface area is 169 Å². The molecule has 2 N–H and O–H groups in total. The molecule has 1 fully saturated rings.